The van der Waals surface area contributed by atoms with E-state index in [0.717, 1.165) is 6.07 Å². The summed E-state index contributed by atoms with van der Waals surface area (Å²) in [5.74, 6) is -0.460. The number of nitro benzene ring substituents is 1. The fourth-order valence-corrected chi connectivity index (χ4v) is 1.61. The van der Waals surface area contributed by atoms with Crippen LogP contribution in [0.1, 0.15) is 31.1 Å². The van der Waals surface area contributed by atoms with E-state index in [4.69, 9.17) is 14.2 Å². The van der Waals surface area contributed by atoms with E-state index < -0.39 is 10.9 Å². The van der Waals surface area contributed by atoms with Crippen molar-refractivity contribution >= 4 is 11.7 Å². The maximum atomic E-state index is 11.7. The van der Waals surface area contributed by atoms with Gasteiger partial charge in [-0.2, -0.15) is 0 Å². The van der Waals surface area contributed by atoms with Gasteiger partial charge >= 0.3 is 11.7 Å². The topological polar surface area (TPSA) is 87.9 Å². The lowest BCUT2D eigenvalue weighted by Crippen LogP contribution is -2.08. The minimum Gasteiger partial charge on any atom is -0.490 e. The minimum atomic E-state index is -0.639. The van der Waals surface area contributed by atoms with E-state index >= 15 is 0 Å². The van der Waals surface area contributed by atoms with E-state index in [9.17, 15) is 14.9 Å². The van der Waals surface area contributed by atoms with Crippen LogP contribution in [0.3, 0.4) is 0 Å². The van der Waals surface area contributed by atoms with Gasteiger partial charge in [-0.25, -0.2) is 4.79 Å². The third-order valence-electron chi connectivity index (χ3n) is 2.33. The molecule has 0 aliphatic carbocycles. The first kappa shape index (κ1) is 15.7. The number of hydrogen-bond donors (Lipinski definition) is 0. The first-order chi connectivity index (χ1) is 9.54. The molecule has 1 aromatic carbocycles. The van der Waals surface area contributed by atoms with Gasteiger partial charge in [0.25, 0.3) is 0 Å². The molecule has 20 heavy (non-hydrogen) atoms. The Morgan fingerprint density at radius 2 is 1.80 bits per heavy atom. The molecule has 0 saturated carbocycles. The smallest absolute Gasteiger partial charge is 0.338 e. The Kier molecular flexibility index (Phi) is 5.76. The van der Waals surface area contributed by atoms with Gasteiger partial charge in [0.05, 0.1) is 30.3 Å². The van der Waals surface area contributed by atoms with Crippen molar-refractivity contribution in [2.45, 2.75) is 20.8 Å². The molecule has 0 heterocycles. The van der Waals surface area contributed by atoms with Crippen molar-refractivity contribution in [3.63, 3.8) is 0 Å². The number of hydrogen-bond acceptors (Lipinski definition) is 6. The molecule has 0 aliphatic heterocycles. The van der Waals surface area contributed by atoms with Crippen LogP contribution in [0.25, 0.3) is 0 Å². The van der Waals surface area contributed by atoms with Crippen LogP contribution in [0.4, 0.5) is 5.69 Å². The van der Waals surface area contributed by atoms with Crippen molar-refractivity contribution in [1.29, 1.82) is 0 Å². The molecule has 0 aromatic heterocycles. The summed E-state index contributed by atoms with van der Waals surface area (Å²) in [6, 6.07) is 2.52. The van der Waals surface area contributed by atoms with E-state index in [1.807, 2.05) is 0 Å². The van der Waals surface area contributed by atoms with Crippen LogP contribution in [0, 0.1) is 10.1 Å². The third-order valence-corrected chi connectivity index (χ3v) is 2.33. The molecular formula is C13H17NO6. The number of ether oxygens (including phenoxy) is 3. The number of rotatable bonds is 7. The average molecular weight is 283 g/mol. The van der Waals surface area contributed by atoms with Gasteiger partial charge in [0.15, 0.2) is 5.75 Å². The Morgan fingerprint density at radius 3 is 2.30 bits per heavy atom. The van der Waals surface area contributed by atoms with Gasteiger partial charge in [-0.05, 0) is 26.8 Å². The van der Waals surface area contributed by atoms with E-state index in [0.29, 0.717) is 6.61 Å². The van der Waals surface area contributed by atoms with Gasteiger partial charge in [-0.3, -0.25) is 10.1 Å². The Hall–Kier alpha value is -2.31. The molecule has 0 saturated heterocycles. The van der Waals surface area contributed by atoms with E-state index in [2.05, 4.69) is 0 Å². The first-order valence-electron chi connectivity index (χ1n) is 6.30. The van der Waals surface area contributed by atoms with Crippen LogP contribution in [0.2, 0.25) is 0 Å². The van der Waals surface area contributed by atoms with Crippen LogP contribution < -0.4 is 9.47 Å². The molecule has 0 atom stereocenters. The zero-order valence-corrected chi connectivity index (χ0v) is 11.7. The lowest BCUT2D eigenvalue weighted by Gasteiger charge is -2.12. The van der Waals surface area contributed by atoms with Crippen LogP contribution in [-0.2, 0) is 4.74 Å². The summed E-state index contributed by atoms with van der Waals surface area (Å²) in [5, 5.41) is 11.1. The Morgan fingerprint density at radius 1 is 1.15 bits per heavy atom. The van der Waals surface area contributed by atoms with E-state index in [-0.39, 0.29) is 36.0 Å². The predicted molar refractivity (Wildman–Crippen MR) is 71.4 cm³/mol. The Bertz CT molecular complexity index is 500. The first-order valence-corrected chi connectivity index (χ1v) is 6.30. The van der Waals surface area contributed by atoms with Gasteiger partial charge in [-0.1, -0.05) is 0 Å². The summed E-state index contributed by atoms with van der Waals surface area (Å²) in [6.45, 7) is 5.83. The number of carbonyl (C=O) groups is 1. The van der Waals surface area contributed by atoms with Gasteiger partial charge in [-0.15, -0.1) is 0 Å². The standard InChI is InChI=1S/C13H17NO6/c1-4-18-11-8-9(13(15)20-6-3)7-10(14(16)17)12(11)19-5-2/h7-8H,4-6H2,1-3H3. The van der Waals surface area contributed by atoms with Crippen molar-refractivity contribution < 1.29 is 23.9 Å². The molecule has 0 unspecified atom stereocenters. The van der Waals surface area contributed by atoms with Gasteiger partial charge < -0.3 is 14.2 Å². The molecule has 110 valence electrons. The molecule has 0 radical (unpaired) electrons. The number of nitrogens with zero attached hydrogens (tertiary/aromatic N) is 1. The average Bonchev–Trinajstić information content (AvgIpc) is 2.40. The third kappa shape index (κ3) is 3.59. The highest BCUT2D eigenvalue weighted by Gasteiger charge is 2.25. The second-order valence-electron chi connectivity index (χ2n) is 3.67. The quantitative estimate of drug-likeness (QED) is 0.434. The van der Waals surface area contributed by atoms with Gasteiger partial charge in [0.1, 0.15) is 0 Å². The maximum Gasteiger partial charge on any atom is 0.338 e. The highest BCUT2D eigenvalue weighted by atomic mass is 16.6. The van der Waals surface area contributed by atoms with Crippen LogP contribution >= 0.6 is 0 Å². The van der Waals surface area contributed by atoms with Crippen LogP contribution in [0.5, 0.6) is 11.5 Å². The Balaban J connectivity index is 3.37. The minimum absolute atomic E-state index is 0.0207. The summed E-state index contributed by atoms with van der Waals surface area (Å²) in [5.41, 5.74) is -0.258. The second-order valence-corrected chi connectivity index (χ2v) is 3.67. The van der Waals surface area contributed by atoms with E-state index in [1.54, 1.807) is 20.8 Å². The number of nitro groups is 1. The molecule has 0 amide bonds. The summed E-state index contributed by atoms with van der Waals surface area (Å²) >= 11 is 0. The van der Waals surface area contributed by atoms with Crippen molar-refractivity contribution in [2.24, 2.45) is 0 Å². The zero-order chi connectivity index (χ0) is 15.1. The fourth-order valence-electron chi connectivity index (χ4n) is 1.61. The second kappa shape index (κ2) is 7.32. The highest BCUT2D eigenvalue weighted by molar-refractivity contribution is 5.91. The number of esters is 1. The fraction of sp³-hybridized carbons (Fsp3) is 0.462. The molecule has 0 fully saturated rings. The lowest BCUT2D eigenvalue weighted by atomic mass is 10.1. The summed E-state index contributed by atoms with van der Waals surface area (Å²) < 4.78 is 15.4. The van der Waals surface area contributed by atoms with Crippen molar-refractivity contribution in [3.8, 4) is 11.5 Å². The molecule has 0 N–H and O–H groups in total. The molecule has 7 nitrogen and oxygen atoms in total. The summed E-state index contributed by atoms with van der Waals surface area (Å²) in [7, 11) is 0. The van der Waals surface area contributed by atoms with Crippen molar-refractivity contribution in [1.82, 2.24) is 0 Å². The largest absolute Gasteiger partial charge is 0.490 e. The summed E-state index contributed by atoms with van der Waals surface area (Å²) in [6.07, 6.45) is 0. The SMILES string of the molecule is CCOC(=O)c1cc(OCC)c(OCC)c([N+](=O)[O-])c1. The monoisotopic (exact) mass is 283 g/mol. The molecule has 0 spiro atoms. The highest BCUT2D eigenvalue weighted by Crippen LogP contribution is 2.38. The van der Waals surface area contributed by atoms with Crippen LogP contribution in [0.15, 0.2) is 12.1 Å². The molecule has 7 heteroatoms. The molecule has 0 aliphatic rings. The lowest BCUT2D eigenvalue weighted by molar-refractivity contribution is -0.386. The zero-order valence-electron chi connectivity index (χ0n) is 11.7. The van der Waals surface area contributed by atoms with Gasteiger partial charge in [0, 0.05) is 6.07 Å². The van der Waals surface area contributed by atoms with Crippen molar-refractivity contribution in [2.75, 3.05) is 19.8 Å². The predicted octanol–water partition coefficient (Wildman–Crippen LogP) is 2.57. The Labute approximate surface area is 116 Å². The maximum absolute atomic E-state index is 11.7. The molecule has 0 bridgehead atoms. The van der Waals surface area contributed by atoms with Crippen LogP contribution in [-0.4, -0.2) is 30.7 Å². The molecule has 1 aromatic rings. The number of carbonyl (C=O) groups excluding carboxylic acids is 1. The molecular weight excluding hydrogens is 266 g/mol. The molecule has 1 rings (SSSR count). The summed E-state index contributed by atoms with van der Waals surface area (Å²) in [4.78, 5) is 22.2. The number of benzene rings is 1. The van der Waals surface area contributed by atoms with E-state index in [1.165, 1.54) is 6.07 Å². The normalized spacial score (nSPS) is 9.95. The van der Waals surface area contributed by atoms with Crippen molar-refractivity contribution in [3.05, 3.63) is 27.8 Å². The van der Waals surface area contributed by atoms with Gasteiger partial charge in [0.2, 0.25) is 5.75 Å².